The number of aromatic nitrogens is 2. The number of carbonyl (C=O) groups is 2. The highest BCUT2D eigenvalue weighted by Crippen LogP contribution is 2.22. The Balaban J connectivity index is 1.73. The predicted octanol–water partition coefficient (Wildman–Crippen LogP) is 4.09. The van der Waals surface area contributed by atoms with Crippen LogP contribution in [-0.4, -0.2) is 34.2 Å². The van der Waals surface area contributed by atoms with E-state index in [0.29, 0.717) is 21.9 Å². The summed E-state index contributed by atoms with van der Waals surface area (Å²) in [6, 6.07) is 13.0. The van der Waals surface area contributed by atoms with E-state index in [9.17, 15) is 18.8 Å². The lowest BCUT2D eigenvalue weighted by atomic mass is 10.0. The number of nitrogens with one attached hydrogen (secondary N) is 1. The molecule has 33 heavy (non-hydrogen) atoms. The van der Waals surface area contributed by atoms with Gasteiger partial charge < -0.3 is 5.32 Å². The Morgan fingerprint density at radius 3 is 2.67 bits per heavy atom. The van der Waals surface area contributed by atoms with Crippen molar-refractivity contribution < 1.29 is 14.0 Å². The van der Waals surface area contributed by atoms with E-state index in [2.05, 4.69) is 15.4 Å². The molecule has 0 fully saturated rings. The van der Waals surface area contributed by atoms with Crippen molar-refractivity contribution in [3.8, 4) is 5.69 Å². The largest absolute Gasteiger partial charge is 0.345 e. The third kappa shape index (κ3) is 5.87. The van der Waals surface area contributed by atoms with Gasteiger partial charge in [0.05, 0.1) is 6.54 Å². The van der Waals surface area contributed by atoms with E-state index >= 15 is 0 Å². The number of aliphatic imine (C=N–C) groups is 1. The Kier molecular flexibility index (Phi) is 7.63. The molecule has 7 nitrogen and oxygen atoms in total. The number of halogens is 2. The third-order valence-corrected chi connectivity index (χ3v) is 4.90. The summed E-state index contributed by atoms with van der Waals surface area (Å²) in [4.78, 5) is 40.2. The van der Waals surface area contributed by atoms with Crippen molar-refractivity contribution in [1.29, 1.82) is 0 Å². The van der Waals surface area contributed by atoms with E-state index < -0.39 is 17.3 Å². The highest BCUT2D eigenvalue weighted by atomic mass is 35.5. The molecule has 3 aromatic rings. The molecule has 1 amide bonds. The van der Waals surface area contributed by atoms with E-state index in [-0.39, 0.29) is 17.9 Å². The summed E-state index contributed by atoms with van der Waals surface area (Å²) < 4.78 is 14.9. The van der Waals surface area contributed by atoms with Gasteiger partial charge in [-0.25, -0.2) is 4.39 Å². The minimum Gasteiger partial charge on any atom is -0.345 e. The molecule has 0 aliphatic rings. The first kappa shape index (κ1) is 23.7. The topological polar surface area (TPSA) is 93.4 Å². The van der Waals surface area contributed by atoms with Gasteiger partial charge in [0.1, 0.15) is 17.2 Å². The number of amides is 1. The molecule has 0 aliphatic carbocycles. The molecule has 1 heterocycles. The second kappa shape index (κ2) is 10.6. The quantitative estimate of drug-likeness (QED) is 0.419. The summed E-state index contributed by atoms with van der Waals surface area (Å²) in [5.74, 6) is -1.18. The first-order valence-electron chi connectivity index (χ1n) is 9.89. The second-order valence-electron chi connectivity index (χ2n) is 7.13. The molecule has 0 spiro atoms. The molecule has 0 atom stereocenters. The smallest absolute Gasteiger partial charge is 0.272 e. The van der Waals surface area contributed by atoms with Crippen LogP contribution in [0.1, 0.15) is 40.3 Å². The van der Waals surface area contributed by atoms with Gasteiger partial charge in [0.15, 0.2) is 6.29 Å². The van der Waals surface area contributed by atoms with Gasteiger partial charge in [0.2, 0.25) is 0 Å². The monoisotopic (exact) mass is 466 g/mol. The van der Waals surface area contributed by atoms with Crippen LogP contribution in [-0.2, 0) is 0 Å². The number of nitrogens with zero attached hydrogens (tertiary/aromatic N) is 3. The van der Waals surface area contributed by atoms with Crippen molar-refractivity contribution in [3.63, 3.8) is 0 Å². The molecule has 9 heteroatoms. The number of carbonyl (C=O) groups excluding carboxylic acids is 2. The fourth-order valence-corrected chi connectivity index (χ4v) is 3.09. The van der Waals surface area contributed by atoms with Gasteiger partial charge >= 0.3 is 0 Å². The molecule has 0 aliphatic heterocycles. The zero-order valence-corrected chi connectivity index (χ0v) is 18.6. The van der Waals surface area contributed by atoms with E-state index in [4.69, 9.17) is 11.6 Å². The molecule has 0 unspecified atom stereocenters. The Bertz CT molecular complexity index is 1330. The van der Waals surface area contributed by atoms with Crippen LogP contribution in [0.5, 0.6) is 0 Å². The summed E-state index contributed by atoms with van der Waals surface area (Å²) in [6.07, 6.45) is 2.32. The summed E-state index contributed by atoms with van der Waals surface area (Å²) in [5.41, 5.74) is 1.80. The molecule has 3 rings (SSSR count). The molecular formula is C24H20ClFN4O3. The second-order valence-corrected chi connectivity index (χ2v) is 7.57. The molecule has 0 saturated heterocycles. The minimum absolute atomic E-state index is 0.0491. The van der Waals surface area contributed by atoms with Crippen LogP contribution in [0, 0.1) is 5.82 Å². The van der Waals surface area contributed by atoms with Crippen molar-refractivity contribution in [1.82, 2.24) is 15.1 Å². The zero-order valence-electron chi connectivity index (χ0n) is 17.9. The van der Waals surface area contributed by atoms with Gasteiger partial charge in [-0.1, -0.05) is 23.7 Å². The maximum absolute atomic E-state index is 14.0. The standard InChI is InChI=1S/C24H20ClFN4O3/c1-15(19-11-18(25)8-7-17(19)14-31)12-27-16(2)13-28-24(33)21-9-10-23(32)30(29-21)22-6-4-3-5-20(22)26/h3-12,14H,13H2,1-2H3,(H,28,33)/b15-12+,27-16?. The fraction of sp³-hybridized carbons (Fsp3) is 0.125. The number of aldehydes is 1. The number of rotatable bonds is 7. The van der Waals surface area contributed by atoms with Crippen molar-refractivity contribution in [2.45, 2.75) is 13.8 Å². The number of benzene rings is 2. The van der Waals surface area contributed by atoms with Gasteiger partial charge in [-0.05, 0) is 61.4 Å². The Labute approximate surface area is 194 Å². The predicted molar refractivity (Wildman–Crippen MR) is 126 cm³/mol. The number of hydrogen-bond acceptors (Lipinski definition) is 5. The third-order valence-electron chi connectivity index (χ3n) is 4.66. The van der Waals surface area contributed by atoms with Crippen LogP contribution in [0.3, 0.4) is 0 Å². The average Bonchev–Trinajstić information content (AvgIpc) is 2.81. The molecule has 1 N–H and O–H groups in total. The lowest BCUT2D eigenvalue weighted by molar-refractivity contribution is 0.0952. The summed E-state index contributed by atoms with van der Waals surface area (Å²) in [5, 5.41) is 7.14. The molecule has 2 aromatic carbocycles. The molecule has 168 valence electrons. The number of hydrogen-bond donors (Lipinski definition) is 1. The van der Waals surface area contributed by atoms with Crippen LogP contribution >= 0.6 is 11.6 Å². The number of allylic oxidation sites excluding steroid dienone is 1. The van der Waals surface area contributed by atoms with Crippen molar-refractivity contribution in [3.05, 3.63) is 98.8 Å². The highest BCUT2D eigenvalue weighted by molar-refractivity contribution is 6.30. The first-order valence-corrected chi connectivity index (χ1v) is 10.3. The summed E-state index contributed by atoms with van der Waals surface area (Å²) in [7, 11) is 0. The molecule has 1 aromatic heterocycles. The van der Waals surface area contributed by atoms with Crippen molar-refractivity contribution >= 4 is 35.1 Å². The van der Waals surface area contributed by atoms with E-state index in [1.54, 1.807) is 44.3 Å². The Morgan fingerprint density at radius 2 is 1.94 bits per heavy atom. The lowest BCUT2D eigenvalue weighted by Gasteiger charge is -2.08. The van der Waals surface area contributed by atoms with Crippen molar-refractivity contribution in [2.24, 2.45) is 4.99 Å². The van der Waals surface area contributed by atoms with Crippen LogP contribution in [0.2, 0.25) is 5.02 Å². The van der Waals surface area contributed by atoms with Crippen LogP contribution in [0.25, 0.3) is 11.3 Å². The first-order chi connectivity index (χ1) is 15.8. The van der Waals surface area contributed by atoms with Gasteiger partial charge in [-0.2, -0.15) is 9.78 Å². The Morgan fingerprint density at radius 1 is 1.18 bits per heavy atom. The van der Waals surface area contributed by atoms with Gasteiger partial charge in [0, 0.05) is 28.6 Å². The fourth-order valence-electron chi connectivity index (χ4n) is 2.92. The summed E-state index contributed by atoms with van der Waals surface area (Å²) >= 11 is 6.02. The molecule has 0 saturated carbocycles. The lowest BCUT2D eigenvalue weighted by Crippen LogP contribution is -2.31. The van der Waals surface area contributed by atoms with Crippen molar-refractivity contribution in [2.75, 3.05) is 6.54 Å². The van der Waals surface area contributed by atoms with Gasteiger partial charge in [0.25, 0.3) is 11.5 Å². The Hall–Kier alpha value is -3.91. The minimum atomic E-state index is -0.632. The molecular weight excluding hydrogens is 447 g/mol. The molecule has 0 bridgehead atoms. The van der Waals surface area contributed by atoms with Gasteiger partial charge in [-0.3, -0.25) is 19.4 Å². The highest BCUT2D eigenvalue weighted by Gasteiger charge is 2.13. The van der Waals surface area contributed by atoms with Gasteiger partial charge in [-0.15, -0.1) is 0 Å². The SMILES string of the molecule is CC(CNC(=O)c1ccc(=O)n(-c2ccccc2F)n1)=N/C=C(\C)c1cc(Cl)ccc1C=O. The normalized spacial score (nSPS) is 11.9. The van der Waals surface area contributed by atoms with E-state index in [1.165, 1.54) is 24.3 Å². The summed E-state index contributed by atoms with van der Waals surface area (Å²) in [6.45, 7) is 3.62. The maximum atomic E-state index is 14.0. The maximum Gasteiger partial charge on any atom is 0.272 e. The number of para-hydroxylation sites is 1. The van der Waals surface area contributed by atoms with Crippen LogP contribution in [0.4, 0.5) is 4.39 Å². The van der Waals surface area contributed by atoms with E-state index in [1.807, 2.05) is 0 Å². The zero-order chi connectivity index (χ0) is 24.0. The average molecular weight is 467 g/mol. The van der Waals surface area contributed by atoms with Crippen LogP contribution in [0.15, 0.2) is 70.6 Å². The van der Waals surface area contributed by atoms with E-state index in [0.717, 1.165) is 22.6 Å². The molecule has 0 radical (unpaired) electrons. The van der Waals surface area contributed by atoms with Crippen LogP contribution < -0.4 is 10.9 Å².